The van der Waals surface area contributed by atoms with E-state index in [1.165, 1.54) is 11.8 Å². The highest BCUT2D eigenvalue weighted by Gasteiger charge is 2.38. The number of carbonyl (C=O) groups excluding carboxylic acids is 2. The zero-order chi connectivity index (χ0) is 24.0. The Morgan fingerprint density at radius 1 is 0.968 bits per heavy atom. The molecule has 9 heteroatoms. The van der Waals surface area contributed by atoms with E-state index >= 15 is 0 Å². The molecule has 1 rings (SSSR count). The van der Waals surface area contributed by atoms with E-state index in [0.717, 1.165) is 0 Å². The van der Waals surface area contributed by atoms with E-state index in [4.69, 9.17) is 14.2 Å². The third-order valence-electron chi connectivity index (χ3n) is 3.76. The molecule has 0 saturated carbocycles. The van der Waals surface area contributed by atoms with Crippen LogP contribution in [0.25, 0.3) is 0 Å². The predicted octanol–water partition coefficient (Wildman–Crippen LogP) is 4.99. The lowest BCUT2D eigenvalue weighted by atomic mass is 10.0. The lowest BCUT2D eigenvalue weighted by Crippen LogP contribution is -2.53. The summed E-state index contributed by atoms with van der Waals surface area (Å²) >= 11 is 1.30. The third kappa shape index (κ3) is 9.95. The van der Waals surface area contributed by atoms with E-state index < -0.39 is 40.2 Å². The Morgan fingerprint density at radius 2 is 1.52 bits per heavy atom. The molecule has 0 aliphatic carbocycles. The van der Waals surface area contributed by atoms with Gasteiger partial charge in [0.25, 0.3) is 0 Å². The van der Waals surface area contributed by atoms with E-state index in [-0.39, 0.29) is 0 Å². The van der Waals surface area contributed by atoms with Crippen LogP contribution in [0.4, 0.5) is 9.59 Å². The second-order valence-corrected chi connectivity index (χ2v) is 11.1. The van der Waals surface area contributed by atoms with Gasteiger partial charge in [0.05, 0.1) is 0 Å². The van der Waals surface area contributed by atoms with Gasteiger partial charge in [-0.1, -0.05) is 18.2 Å². The SMILES string of the molecule is CC(C)(C)OC(=O)N[C@H](C(=O)O)C(C)(C)SCc1ccccc1OC(=O)OC(C)(C)C. The van der Waals surface area contributed by atoms with Gasteiger partial charge in [-0.25, -0.2) is 14.4 Å². The van der Waals surface area contributed by atoms with Crippen LogP contribution in [-0.4, -0.2) is 45.3 Å². The van der Waals surface area contributed by atoms with Crippen LogP contribution in [0.2, 0.25) is 0 Å². The maximum Gasteiger partial charge on any atom is 0.514 e. The highest BCUT2D eigenvalue weighted by molar-refractivity contribution is 7.99. The fourth-order valence-corrected chi connectivity index (χ4v) is 3.48. The van der Waals surface area contributed by atoms with Gasteiger partial charge in [-0.2, -0.15) is 0 Å². The van der Waals surface area contributed by atoms with Crippen molar-refractivity contribution in [1.82, 2.24) is 5.32 Å². The minimum atomic E-state index is -1.20. The van der Waals surface area contributed by atoms with Gasteiger partial charge >= 0.3 is 18.2 Å². The summed E-state index contributed by atoms with van der Waals surface area (Å²) < 4.78 is 14.8. The van der Waals surface area contributed by atoms with Crippen LogP contribution in [0.15, 0.2) is 24.3 Å². The van der Waals surface area contributed by atoms with E-state index in [1.54, 1.807) is 79.7 Å². The smallest absolute Gasteiger partial charge is 0.480 e. The van der Waals surface area contributed by atoms with Crippen molar-refractivity contribution in [2.75, 3.05) is 0 Å². The number of amides is 1. The normalized spacial score (nSPS) is 13.2. The molecule has 1 amide bonds. The Hall–Kier alpha value is -2.42. The molecule has 0 aliphatic heterocycles. The molecule has 0 radical (unpaired) electrons. The van der Waals surface area contributed by atoms with Crippen LogP contribution in [0, 0.1) is 0 Å². The number of rotatable bonds is 7. The minimum Gasteiger partial charge on any atom is -0.480 e. The second kappa shape index (κ2) is 10.3. The molecular formula is C22H33NO7S. The van der Waals surface area contributed by atoms with Crippen molar-refractivity contribution in [3.63, 3.8) is 0 Å². The maximum atomic E-state index is 12.1. The van der Waals surface area contributed by atoms with Gasteiger partial charge in [0.1, 0.15) is 23.0 Å². The first kappa shape index (κ1) is 26.6. The predicted molar refractivity (Wildman–Crippen MR) is 119 cm³/mol. The summed E-state index contributed by atoms with van der Waals surface area (Å²) in [4.78, 5) is 36.0. The molecule has 1 aromatic carbocycles. The topological polar surface area (TPSA) is 111 Å². The van der Waals surface area contributed by atoms with Crippen molar-refractivity contribution < 1.29 is 33.7 Å². The standard InChI is InChI=1S/C22H33NO7S/c1-20(2,3)29-18(26)23-16(17(24)25)22(7,8)31-13-14-11-9-10-12-15(14)28-19(27)30-21(4,5)6/h9-12,16H,13H2,1-8H3,(H,23,26)(H,24,25)/t16-/m1/s1. The molecule has 0 saturated heterocycles. The lowest BCUT2D eigenvalue weighted by Gasteiger charge is -2.32. The zero-order valence-corrected chi connectivity index (χ0v) is 20.2. The molecule has 0 unspecified atom stereocenters. The van der Waals surface area contributed by atoms with Crippen molar-refractivity contribution in [2.45, 2.75) is 83.1 Å². The first-order chi connectivity index (χ1) is 14.0. The van der Waals surface area contributed by atoms with Crippen molar-refractivity contribution in [3.05, 3.63) is 29.8 Å². The molecule has 1 aromatic rings. The molecule has 0 bridgehead atoms. The number of para-hydroxylation sites is 1. The molecule has 0 fully saturated rings. The van der Waals surface area contributed by atoms with Gasteiger partial charge in [0.2, 0.25) is 0 Å². The fourth-order valence-electron chi connectivity index (χ4n) is 2.39. The van der Waals surface area contributed by atoms with E-state index in [2.05, 4.69) is 5.32 Å². The number of hydrogen-bond acceptors (Lipinski definition) is 7. The van der Waals surface area contributed by atoms with Crippen molar-refractivity contribution >= 4 is 30.0 Å². The third-order valence-corrected chi connectivity index (χ3v) is 5.19. The molecule has 8 nitrogen and oxygen atoms in total. The Kier molecular flexibility index (Phi) is 8.81. The second-order valence-electron chi connectivity index (χ2n) is 9.48. The summed E-state index contributed by atoms with van der Waals surface area (Å²) in [6, 6.07) is 5.73. The number of thioether (sulfide) groups is 1. The Labute approximate surface area is 188 Å². The van der Waals surface area contributed by atoms with E-state index in [9.17, 15) is 19.5 Å². The number of alkyl carbamates (subject to hydrolysis) is 1. The fraction of sp³-hybridized carbons (Fsp3) is 0.591. The number of hydrogen-bond donors (Lipinski definition) is 2. The van der Waals surface area contributed by atoms with Crippen LogP contribution in [0.3, 0.4) is 0 Å². The van der Waals surface area contributed by atoms with E-state index in [1.807, 2.05) is 0 Å². The molecule has 31 heavy (non-hydrogen) atoms. The molecular weight excluding hydrogens is 422 g/mol. The number of benzene rings is 1. The molecule has 174 valence electrons. The summed E-state index contributed by atoms with van der Waals surface area (Å²) in [7, 11) is 0. The van der Waals surface area contributed by atoms with Crippen LogP contribution in [-0.2, 0) is 20.0 Å². The quantitative estimate of drug-likeness (QED) is 0.437. The Bertz CT molecular complexity index is 794. The zero-order valence-electron chi connectivity index (χ0n) is 19.4. The van der Waals surface area contributed by atoms with Crippen LogP contribution in [0.5, 0.6) is 5.75 Å². The van der Waals surface area contributed by atoms with Gasteiger partial charge in [-0.15, -0.1) is 11.8 Å². The van der Waals surface area contributed by atoms with Gasteiger partial charge in [-0.3, -0.25) is 0 Å². The van der Waals surface area contributed by atoms with Crippen molar-refractivity contribution in [3.8, 4) is 5.75 Å². The summed E-state index contributed by atoms with van der Waals surface area (Å²) in [6.07, 6.45) is -1.62. The summed E-state index contributed by atoms with van der Waals surface area (Å²) in [6.45, 7) is 13.7. The number of carbonyl (C=O) groups is 3. The van der Waals surface area contributed by atoms with Gasteiger partial charge < -0.3 is 24.6 Å². The summed E-state index contributed by atoms with van der Waals surface area (Å²) in [5, 5.41) is 12.1. The summed E-state index contributed by atoms with van der Waals surface area (Å²) in [5.41, 5.74) is -0.750. The van der Waals surface area contributed by atoms with Gasteiger partial charge in [-0.05, 0) is 61.5 Å². The summed E-state index contributed by atoms with van der Waals surface area (Å²) in [5.74, 6) is -0.514. The minimum absolute atomic E-state index is 0.326. The highest BCUT2D eigenvalue weighted by atomic mass is 32.2. The average molecular weight is 456 g/mol. The molecule has 0 aromatic heterocycles. The first-order valence-electron chi connectivity index (χ1n) is 9.85. The Balaban J connectivity index is 2.90. The number of ether oxygens (including phenoxy) is 3. The molecule has 1 atom stereocenters. The monoisotopic (exact) mass is 455 g/mol. The molecule has 0 aliphatic rings. The van der Waals surface area contributed by atoms with Crippen LogP contribution in [0.1, 0.15) is 61.0 Å². The van der Waals surface area contributed by atoms with Crippen molar-refractivity contribution in [2.24, 2.45) is 0 Å². The van der Waals surface area contributed by atoms with Gasteiger partial charge in [0.15, 0.2) is 0 Å². The van der Waals surface area contributed by atoms with Crippen LogP contribution >= 0.6 is 11.8 Å². The van der Waals surface area contributed by atoms with Crippen LogP contribution < -0.4 is 10.1 Å². The lowest BCUT2D eigenvalue weighted by molar-refractivity contribution is -0.140. The average Bonchev–Trinajstić information content (AvgIpc) is 2.55. The largest absolute Gasteiger partial charge is 0.514 e. The van der Waals surface area contributed by atoms with Gasteiger partial charge in [0, 0.05) is 16.1 Å². The molecule has 0 spiro atoms. The number of nitrogens with one attached hydrogen (secondary N) is 1. The van der Waals surface area contributed by atoms with E-state index in [0.29, 0.717) is 17.1 Å². The van der Waals surface area contributed by atoms with Crippen molar-refractivity contribution in [1.29, 1.82) is 0 Å². The maximum absolute atomic E-state index is 12.1. The first-order valence-corrected chi connectivity index (χ1v) is 10.8. The number of aliphatic carboxylic acids is 1. The Morgan fingerprint density at radius 3 is 2.03 bits per heavy atom. The number of carboxylic acid groups (broad SMARTS) is 1. The highest BCUT2D eigenvalue weighted by Crippen LogP contribution is 2.34. The molecule has 0 heterocycles. The molecule has 2 N–H and O–H groups in total. The number of carboxylic acids is 1.